The third kappa shape index (κ3) is 65.7. The number of unbranched alkanes of at least 4 members (excludes halogenated alkanes) is 41. The minimum absolute atomic E-state index is 0.0810. The van der Waals surface area contributed by atoms with Crippen molar-refractivity contribution in [1.29, 1.82) is 0 Å². The zero-order valence-corrected chi connectivity index (χ0v) is 53.3. The summed E-state index contributed by atoms with van der Waals surface area (Å²) in [6.07, 6.45) is 89.3. The van der Waals surface area contributed by atoms with Gasteiger partial charge in [-0.2, -0.15) is 0 Å². The van der Waals surface area contributed by atoms with Crippen LogP contribution in [-0.4, -0.2) is 37.2 Å². The lowest BCUT2D eigenvalue weighted by Crippen LogP contribution is -2.30. The van der Waals surface area contributed by atoms with Crippen LogP contribution in [0.4, 0.5) is 0 Å². The molecule has 1 unspecified atom stereocenters. The molecule has 0 heterocycles. The van der Waals surface area contributed by atoms with Crippen LogP contribution in [0, 0.1) is 0 Å². The fraction of sp³-hybridized carbons (Fsp3) is 0.797. The summed E-state index contributed by atoms with van der Waals surface area (Å²) in [5.74, 6) is -0.886. The molecule has 0 amide bonds. The zero-order chi connectivity index (χ0) is 57.8. The Balaban J connectivity index is 4.32. The highest BCUT2D eigenvalue weighted by Crippen LogP contribution is 2.18. The maximum atomic E-state index is 13.0. The molecule has 0 saturated carbocycles. The van der Waals surface area contributed by atoms with Gasteiger partial charge in [-0.15, -0.1) is 0 Å². The van der Waals surface area contributed by atoms with Crippen LogP contribution in [0.3, 0.4) is 0 Å². The Morgan fingerprint density at radius 2 is 0.487 bits per heavy atom. The Morgan fingerprint density at radius 3 is 0.762 bits per heavy atom. The van der Waals surface area contributed by atoms with Crippen LogP contribution in [0.15, 0.2) is 72.9 Å². The van der Waals surface area contributed by atoms with E-state index in [1.54, 1.807) is 0 Å². The average molecular weight is 1120 g/mol. The summed E-state index contributed by atoms with van der Waals surface area (Å²) in [7, 11) is 0. The van der Waals surface area contributed by atoms with Crippen molar-refractivity contribution >= 4 is 17.9 Å². The number of ether oxygens (including phenoxy) is 3. The standard InChI is InChI=1S/C74H132O6/c1-4-7-10-13-16-19-22-25-28-30-32-34-36-38-39-41-43-46-49-52-55-58-61-64-67-73(76)79-70-71(69-78-72(75)66-63-60-57-54-51-48-45-27-24-21-18-15-12-9-6-3)80-74(77)68-65-62-59-56-53-50-47-44-42-40-37-35-33-31-29-26-23-20-17-14-11-8-5-2/h9,12,18,21,23,26-27,31,33,37,40,45,71H,4-8,10-11,13-17,19-20,22,24-25,28-30,32,34-36,38-39,41-44,46-70H2,1-3H3/b12-9-,21-18-,26-23-,33-31-,40-37-,45-27-. The minimum atomic E-state index is -0.788. The van der Waals surface area contributed by atoms with Gasteiger partial charge in [-0.25, -0.2) is 0 Å². The Kier molecular flexibility index (Phi) is 65.7. The third-order valence-electron chi connectivity index (χ3n) is 15.4. The lowest BCUT2D eigenvalue weighted by Gasteiger charge is -2.18. The van der Waals surface area contributed by atoms with E-state index in [0.29, 0.717) is 19.3 Å². The second kappa shape index (κ2) is 68.3. The summed E-state index contributed by atoms with van der Waals surface area (Å²) in [6.45, 7) is 6.55. The second-order valence-electron chi connectivity index (χ2n) is 23.4. The molecule has 0 N–H and O–H groups in total. The maximum Gasteiger partial charge on any atom is 0.306 e. The van der Waals surface area contributed by atoms with Crippen molar-refractivity contribution in [1.82, 2.24) is 0 Å². The number of hydrogen-bond donors (Lipinski definition) is 0. The van der Waals surface area contributed by atoms with Crippen LogP contribution in [0.5, 0.6) is 0 Å². The lowest BCUT2D eigenvalue weighted by atomic mass is 10.0. The van der Waals surface area contributed by atoms with Crippen molar-refractivity contribution in [3.05, 3.63) is 72.9 Å². The minimum Gasteiger partial charge on any atom is -0.462 e. The molecule has 0 rings (SSSR count). The summed E-state index contributed by atoms with van der Waals surface area (Å²) in [5.41, 5.74) is 0. The van der Waals surface area contributed by atoms with Crippen LogP contribution >= 0.6 is 0 Å². The van der Waals surface area contributed by atoms with Gasteiger partial charge in [0.1, 0.15) is 13.2 Å². The molecule has 0 spiro atoms. The van der Waals surface area contributed by atoms with Gasteiger partial charge in [0.25, 0.3) is 0 Å². The van der Waals surface area contributed by atoms with Gasteiger partial charge in [-0.05, 0) is 89.9 Å². The highest BCUT2D eigenvalue weighted by molar-refractivity contribution is 5.71. The van der Waals surface area contributed by atoms with Crippen LogP contribution in [0.1, 0.15) is 361 Å². The van der Waals surface area contributed by atoms with E-state index in [1.165, 1.54) is 205 Å². The molecule has 0 radical (unpaired) electrons. The molecule has 6 heteroatoms. The number of carbonyl (C=O) groups is 3. The molecule has 0 aromatic carbocycles. The predicted octanol–water partition coefficient (Wildman–Crippen LogP) is 24.1. The quantitative estimate of drug-likeness (QED) is 0.0261. The molecule has 0 saturated heterocycles. The van der Waals surface area contributed by atoms with Crippen molar-refractivity contribution < 1.29 is 28.6 Å². The smallest absolute Gasteiger partial charge is 0.306 e. The van der Waals surface area contributed by atoms with Crippen LogP contribution in [0.25, 0.3) is 0 Å². The number of hydrogen-bond acceptors (Lipinski definition) is 6. The van der Waals surface area contributed by atoms with Crippen molar-refractivity contribution in [3.63, 3.8) is 0 Å². The SMILES string of the molecule is CC/C=C\C/C=C\C/C=C\CCCCCCCC(=O)OCC(COC(=O)CCCCCCCCCCCCCCCCCCCCCCCCCC)OC(=O)CCCCCCCCCC/C=C\C/C=C\C/C=C\CCCCCCC. The van der Waals surface area contributed by atoms with Gasteiger partial charge in [0.05, 0.1) is 0 Å². The number of rotatable bonds is 64. The molecule has 0 bridgehead atoms. The Labute approximate surface area is 497 Å². The largest absolute Gasteiger partial charge is 0.462 e. The van der Waals surface area contributed by atoms with E-state index >= 15 is 0 Å². The molecule has 0 aromatic heterocycles. The highest BCUT2D eigenvalue weighted by Gasteiger charge is 2.19. The third-order valence-corrected chi connectivity index (χ3v) is 15.4. The Bertz CT molecular complexity index is 1470. The molecule has 1 atom stereocenters. The molecule has 0 aliphatic carbocycles. The van der Waals surface area contributed by atoms with Crippen LogP contribution in [0.2, 0.25) is 0 Å². The Morgan fingerprint density at radius 1 is 0.263 bits per heavy atom. The number of allylic oxidation sites excluding steroid dienone is 12. The summed E-state index contributed by atoms with van der Waals surface area (Å²) < 4.78 is 17.0. The maximum absolute atomic E-state index is 13.0. The van der Waals surface area contributed by atoms with Gasteiger partial charge in [0, 0.05) is 19.3 Å². The van der Waals surface area contributed by atoms with E-state index in [0.717, 1.165) is 116 Å². The van der Waals surface area contributed by atoms with E-state index in [-0.39, 0.29) is 31.1 Å². The van der Waals surface area contributed by atoms with E-state index in [4.69, 9.17) is 14.2 Å². The van der Waals surface area contributed by atoms with Gasteiger partial charge in [0.2, 0.25) is 0 Å². The first-order valence-electron chi connectivity index (χ1n) is 34.9. The lowest BCUT2D eigenvalue weighted by molar-refractivity contribution is -0.167. The first kappa shape index (κ1) is 76.9. The number of esters is 3. The van der Waals surface area contributed by atoms with E-state index in [2.05, 4.69) is 93.7 Å². The summed E-state index contributed by atoms with van der Waals surface area (Å²) in [5, 5.41) is 0. The molecule has 6 nitrogen and oxygen atoms in total. The molecule has 80 heavy (non-hydrogen) atoms. The molecule has 0 fully saturated rings. The zero-order valence-electron chi connectivity index (χ0n) is 53.3. The molecular weight excluding hydrogens is 985 g/mol. The molecule has 464 valence electrons. The average Bonchev–Trinajstić information content (AvgIpc) is 3.46. The van der Waals surface area contributed by atoms with Crippen LogP contribution in [-0.2, 0) is 28.6 Å². The van der Waals surface area contributed by atoms with Crippen molar-refractivity contribution in [2.45, 2.75) is 367 Å². The van der Waals surface area contributed by atoms with Crippen molar-refractivity contribution in [2.24, 2.45) is 0 Å². The van der Waals surface area contributed by atoms with Crippen molar-refractivity contribution in [3.8, 4) is 0 Å². The second-order valence-corrected chi connectivity index (χ2v) is 23.4. The molecule has 0 aromatic rings. The summed E-state index contributed by atoms with van der Waals surface area (Å²) in [6, 6.07) is 0. The topological polar surface area (TPSA) is 78.9 Å². The van der Waals surface area contributed by atoms with E-state index in [1.807, 2.05) is 0 Å². The fourth-order valence-electron chi connectivity index (χ4n) is 10.2. The summed E-state index contributed by atoms with van der Waals surface area (Å²) in [4.78, 5) is 38.4. The molecule has 0 aliphatic rings. The fourth-order valence-corrected chi connectivity index (χ4v) is 10.2. The van der Waals surface area contributed by atoms with Gasteiger partial charge < -0.3 is 14.2 Å². The van der Waals surface area contributed by atoms with Gasteiger partial charge in [0.15, 0.2) is 6.10 Å². The highest BCUT2D eigenvalue weighted by atomic mass is 16.6. The number of carbonyl (C=O) groups excluding carboxylic acids is 3. The normalized spacial score (nSPS) is 12.5. The van der Waals surface area contributed by atoms with E-state index < -0.39 is 6.10 Å². The first-order chi connectivity index (χ1) is 39.5. The van der Waals surface area contributed by atoms with Crippen LogP contribution < -0.4 is 0 Å². The van der Waals surface area contributed by atoms with Gasteiger partial charge in [-0.1, -0.05) is 325 Å². The van der Waals surface area contributed by atoms with Crippen molar-refractivity contribution in [2.75, 3.05) is 13.2 Å². The molecule has 0 aliphatic heterocycles. The monoisotopic (exact) mass is 1120 g/mol. The van der Waals surface area contributed by atoms with Gasteiger partial charge in [-0.3, -0.25) is 14.4 Å². The van der Waals surface area contributed by atoms with Gasteiger partial charge >= 0.3 is 17.9 Å². The predicted molar refractivity (Wildman–Crippen MR) is 348 cm³/mol. The Hall–Kier alpha value is -3.15. The summed E-state index contributed by atoms with van der Waals surface area (Å²) >= 11 is 0. The van der Waals surface area contributed by atoms with E-state index in [9.17, 15) is 14.4 Å². The molecular formula is C74H132O6. The first-order valence-corrected chi connectivity index (χ1v) is 34.9.